The van der Waals surface area contributed by atoms with Crippen LogP contribution in [0.4, 0.5) is 0 Å². The standard InChI is InChI=1S/C12H22N4O2S2/c1-10-16-11(9-19-10)5-7-15-12(13-2)14-6-4-8-20(3,17)18/h9H,4-8H2,1-3H3,(H2,13,14,15). The fourth-order valence-corrected chi connectivity index (χ4v) is 2.91. The van der Waals surface area contributed by atoms with Gasteiger partial charge < -0.3 is 10.6 Å². The molecule has 0 saturated carbocycles. The lowest BCUT2D eigenvalue weighted by atomic mass is 10.3. The van der Waals surface area contributed by atoms with Crippen LogP contribution >= 0.6 is 11.3 Å². The van der Waals surface area contributed by atoms with Crippen molar-refractivity contribution in [3.05, 3.63) is 16.1 Å². The van der Waals surface area contributed by atoms with E-state index in [1.165, 1.54) is 6.26 Å². The highest BCUT2D eigenvalue weighted by molar-refractivity contribution is 7.90. The Bertz CT molecular complexity index is 537. The zero-order valence-electron chi connectivity index (χ0n) is 12.1. The molecule has 0 aromatic carbocycles. The number of nitrogens with zero attached hydrogens (tertiary/aromatic N) is 2. The second kappa shape index (κ2) is 8.21. The number of aliphatic imine (C=N–C) groups is 1. The fraction of sp³-hybridized carbons (Fsp3) is 0.667. The summed E-state index contributed by atoms with van der Waals surface area (Å²) in [6.07, 6.45) is 2.66. The molecule has 20 heavy (non-hydrogen) atoms. The molecule has 2 N–H and O–H groups in total. The molecule has 0 radical (unpaired) electrons. The summed E-state index contributed by atoms with van der Waals surface area (Å²) in [5, 5.41) is 9.40. The molecule has 0 atom stereocenters. The van der Waals surface area contributed by atoms with Gasteiger partial charge in [-0.15, -0.1) is 11.3 Å². The van der Waals surface area contributed by atoms with Gasteiger partial charge in [0.15, 0.2) is 5.96 Å². The van der Waals surface area contributed by atoms with Gasteiger partial charge in [-0.05, 0) is 13.3 Å². The largest absolute Gasteiger partial charge is 0.356 e. The first-order valence-corrected chi connectivity index (χ1v) is 9.38. The smallest absolute Gasteiger partial charge is 0.190 e. The molecule has 0 bridgehead atoms. The number of hydrogen-bond donors (Lipinski definition) is 2. The van der Waals surface area contributed by atoms with Gasteiger partial charge in [-0.3, -0.25) is 4.99 Å². The van der Waals surface area contributed by atoms with E-state index >= 15 is 0 Å². The lowest BCUT2D eigenvalue weighted by Gasteiger charge is -2.10. The summed E-state index contributed by atoms with van der Waals surface area (Å²) < 4.78 is 22.0. The lowest BCUT2D eigenvalue weighted by Crippen LogP contribution is -2.39. The van der Waals surface area contributed by atoms with Gasteiger partial charge in [-0.2, -0.15) is 0 Å². The molecule has 0 saturated heterocycles. The van der Waals surface area contributed by atoms with Crippen LogP contribution in [-0.4, -0.2) is 51.5 Å². The van der Waals surface area contributed by atoms with Crippen molar-refractivity contribution in [3.63, 3.8) is 0 Å². The number of sulfone groups is 1. The molecular formula is C12H22N4O2S2. The molecule has 0 aliphatic carbocycles. The first kappa shape index (κ1) is 16.9. The Morgan fingerprint density at radius 3 is 2.65 bits per heavy atom. The van der Waals surface area contributed by atoms with Gasteiger partial charge >= 0.3 is 0 Å². The summed E-state index contributed by atoms with van der Waals surface area (Å²) in [5.41, 5.74) is 1.08. The van der Waals surface area contributed by atoms with E-state index in [0.29, 0.717) is 18.9 Å². The summed E-state index contributed by atoms with van der Waals surface area (Å²) in [4.78, 5) is 8.47. The van der Waals surface area contributed by atoms with E-state index in [9.17, 15) is 8.42 Å². The molecule has 8 heteroatoms. The number of thiazole rings is 1. The Balaban J connectivity index is 2.20. The van der Waals surface area contributed by atoms with E-state index < -0.39 is 9.84 Å². The Hall–Kier alpha value is -1.15. The molecule has 6 nitrogen and oxygen atoms in total. The molecule has 1 aromatic rings. The monoisotopic (exact) mass is 318 g/mol. The van der Waals surface area contributed by atoms with Crippen LogP contribution in [0.5, 0.6) is 0 Å². The maximum Gasteiger partial charge on any atom is 0.190 e. The van der Waals surface area contributed by atoms with Crippen molar-refractivity contribution in [1.82, 2.24) is 15.6 Å². The SMILES string of the molecule is CN=C(NCCCS(C)(=O)=O)NCCc1csc(C)n1. The molecule has 0 spiro atoms. The molecule has 0 fully saturated rings. The molecule has 1 heterocycles. The third-order valence-electron chi connectivity index (χ3n) is 2.55. The molecule has 0 aliphatic heterocycles. The zero-order valence-corrected chi connectivity index (χ0v) is 13.8. The van der Waals surface area contributed by atoms with Crippen LogP contribution in [0.25, 0.3) is 0 Å². The average Bonchev–Trinajstić information content (AvgIpc) is 2.77. The van der Waals surface area contributed by atoms with Gasteiger partial charge in [-0.1, -0.05) is 0 Å². The van der Waals surface area contributed by atoms with Gasteiger partial charge in [0.05, 0.1) is 16.5 Å². The maximum absolute atomic E-state index is 11.0. The molecule has 0 aliphatic rings. The third-order valence-corrected chi connectivity index (χ3v) is 4.40. The number of hydrogen-bond acceptors (Lipinski definition) is 5. The van der Waals surface area contributed by atoms with Crippen LogP contribution in [0.2, 0.25) is 0 Å². The molecule has 0 unspecified atom stereocenters. The van der Waals surface area contributed by atoms with Crippen LogP contribution in [0.15, 0.2) is 10.4 Å². The quantitative estimate of drug-likeness (QED) is 0.437. The second-order valence-electron chi connectivity index (χ2n) is 4.52. The Morgan fingerprint density at radius 1 is 1.40 bits per heavy atom. The van der Waals surface area contributed by atoms with E-state index in [2.05, 4.69) is 26.0 Å². The van der Waals surface area contributed by atoms with Crippen LogP contribution in [-0.2, 0) is 16.3 Å². The van der Waals surface area contributed by atoms with Gasteiger partial charge in [0, 0.05) is 38.2 Å². The first-order valence-electron chi connectivity index (χ1n) is 6.44. The van der Waals surface area contributed by atoms with Crippen LogP contribution in [0, 0.1) is 6.92 Å². The molecule has 1 rings (SSSR count). The number of nitrogens with one attached hydrogen (secondary N) is 2. The minimum Gasteiger partial charge on any atom is -0.356 e. The predicted molar refractivity (Wildman–Crippen MR) is 84.2 cm³/mol. The highest BCUT2D eigenvalue weighted by Gasteiger charge is 2.03. The molecular weight excluding hydrogens is 296 g/mol. The molecule has 0 amide bonds. The fourth-order valence-electron chi connectivity index (χ4n) is 1.59. The van der Waals surface area contributed by atoms with Crippen molar-refractivity contribution in [1.29, 1.82) is 0 Å². The van der Waals surface area contributed by atoms with E-state index in [1.807, 2.05) is 6.92 Å². The first-order chi connectivity index (χ1) is 9.40. The van der Waals surface area contributed by atoms with Gasteiger partial charge in [0.1, 0.15) is 9.84 Å². The van der Waals surface area contributed by atoms with Gasteiger partial charge in [-0.25, -0.2) is 13.4 Å². The third kappa shape index (κ3) is 7.44. The van der Waals surface area contributed by atoms with Gasteiger partial charge in [0.2, 0.25) is 0 Å². The van der Waals surface area contributed by atoms with Crippen LogP contribution in [0.1, 0.15) is 17.1 Å². The topological polar surface area (TPSA) is 83.5 Å². The highest BCUT2D eigenvalue weighted by Crippen LogP contribution is 2.07. The summed E-state index contributed by atoms with van der Waals surface area (Å²) in [7, 11) is -1.19. The van der Waals surface area contributed by atoms with Crippen molar-refractivity contribution in [2.75, 3.05) is 32.1 Å². The molecule has 114 valence electrons. The van der Waals surface area contributed by atoms with E-state index in [-0.39, 0.29) is 5.75 Å². The summed E-state index contributed by atoms with van der Waals surface area (Å²) in [6.45, 7) is 3.32. The van der Waals surface area contributed by atoms with E-state index in [1.54, 1.807) is 18.4 Å². The van der Waals surface area contributed by atoms with Crippen molar-refractivity contribution in [2.45, 2.75) is 19.8 Å². The minimum atomic E-state index is -2.89. The number of aryl methyl sites for hydroxylation is 1. The summed E-state index contributed by atoms with van der Waals surface area (Å²) in [5.74, 6) is 0.875. The predicted octanol–water partition coefficient (Wildman–Crippen LogP) is 0.594. The average molecular weight is 318 g/mol. The number of rotatable bonds is 7. The van der Waals surface area contributed by atoms with Gasteiger partial charge in [0.25, 0.3) is 0 Å². The molecule has 1 aromatic heterocycles. The number of guanidine groups is 1. The Kier molecular flexibility index (Phi) is 6.94. The van der Waals surface area contributed by atoms with Crippen LogP contribution in [0.3, 0.4) is 0 Å². The zero-order chi connectivity index (χ0) is 15.0. The highest BCUT2D eigenvalue weighted by atomic mass is 32.2. The van der Waals surface area contributed by atoms with Crippen molar-refractivity contribution < 1.29 is 8.42 Å². The normalized spacial score (nSPS) is 12.4. The van der Waals surface area contributed by atoms with E-state index in [4.69, 9.17) is 0 Å². The van der Waals surface area contributed by atoms with Crippen LogP contribution < -0.4 is 10.6 Å². The number of aromatic nitrogens is 1. The van der Waals surface area contributed by atoms with Crippen molar-refractivity contribution in [2.24, 2.45) is 4.99 Å². The Morgan fingerprint density at radius 2 is 2.10 bits per heavy atom. The lowest BCUT2D eigenvalue weighted by molar-refractivity contribution is 0.598. The van der Waals surface area contributed by atoms with Crippen molar-refractivity contribution in [3.8, 4) is 0 Å². The minimum absolute atomic E-state index is 0.190. The Labute approximate surface area is 124 Å². The van der Waals surface area contributed by atoms with Crippen molar-refractivity contribution >= 4 is 27.1 Å². The summed E-state index contributed by atoms with van der Waals surface area (Å²) in [6, 6.07) is 0. The maximum atomic E-state index is 11.0. The second-order valence-corrected chi connectivity index (χ2v) is 7.84. The van der Waals surface area contributed by atoms with E-state index in [0.717, 1.165) is 23.7 Å². The summed E-state index contributed by atoms with van der Waals surface area (Å²) >= 11 is 1.65.